The number of aryl methyl sites for hydroxylation is 1. The molecule has 3 nitrogen and oxygen atoms in total. The molecule has 0 saturated heterocycles. The van der Waals surface area contributed by atoms with Crippen LogP contribution in [0.25, 0.3) is 0 Å². The maximum absolute atomic E-state index is 5.64. The zero-order valence-electron chi connectivity index (χ0n) is 8.34. The molecule has 15 heavy (non-hydrogen) atoms. The van der Waals surface area contributed by atoms with Crippen molar-refractivity contribution in [2.24, 2.45) is 10.7 Å². The fourth-order valence-corrected chi connectivity index (χ4v) is 2.03. The SMILES string of the molecule is NC1=NC(CCc2ccccn2)C=CS1. The molecule has 0 bridgehead atoms. The Bertz CT molecular complexity index is 373. The van der Waals surface area contributed by atoms with Crippen molar-refractivity contribution in [2.75, 3.05) is 0 Å². The predicted octanol–water partition coefficient (Wildman–Crippen LogP) is 1.96. The quantitative estimate of drug-likeness (QED) is 0.845. The Kier molecular flexibility index (Phi) is 3.40. The van der Waals surface area contributed by atoms with Crippen molar-refractivity contribution >= 4 is 16.9 Å². The normalized spacial score (nSPS) is 20.0. The van der Waals surface area contributed by atoms with E-state index in [4.69, 9.17) is 5.73 Å². The molecule has 1 aromatic heterocycles. The second kappa shape index (κ2) is 4.98. The average molecular weight is 219 g/mol. The van der Waals surface area contributed by atoms with Gasteiger partial charge in [0.05, 0.1) is 6.04 Å². The number of nitrogens with zero attached hydrogens (tertiary/aromatic N) is 2. The summed E-state index contributed by atoms with van der Waals surface area (Å²) in [5, 5.41) is 2.66. The minimum Gasteiger partial charge on any atom is -0.378 e. The molecule has 2 rings (SSSR count). The number of hydrogen-bond acceptors (Lipinski definition) is 4. The van der Waals surface area contributed by atoms with Crippen LogP contribution in [-0.4, -0.2) is 16.2 Å². The van der Waals surface area contributed by atoms with Gasteiger partial charge in [0.2, 0.25) is 0 Å². The van der Waals surface area contributed by atoms with Gasteiger partial charge in [0.1, 0.15) is 0 Å². The molecule has 0 radical (unpaired) electrons. The Morgan fingerprint density at radius 2 is 2.33 bits per heavy atom. The third kappa shape index (κ3) is 3.09. The van der Waals surface area contributed by atoms with E-state index in [1.807, 2.05) is 29.8 Å². The third-order valence-electron chi connectivity index (χ3n) is 2.20. The van der Waals surface area contributed by atoms with Crippen LogP contribution in [0.15, 0.2) is 40.9 Å². The monoisotopic (exact) mass is 219 g/mol. The fourth-order valence-electron chi connectivity index (χ4n) is 1.44. The van der Waals surface area contributed by atoms with Gasteiger partial charge >= 0.3 is 0 Å². The Morgan fingerprint density at radius 1 is 1.40 bits per heavy atom. The lowest BCUT2D eigenvalue weighted by Crippen LogP contribution is -2.15. The van der Waals surface area contributed by atoms with E-state index in [1.165, 1.54) is 11.8 Å². The topological polar surface area (TPSA) is 51.3 Å². The van der Waals surface area contributed by atoms with Crippen LogP contribution in [0.1, 0.15) is 12.1 Å². The highest BCUT2D eigenvalue weighted by Gasteiger charge is 2.08. The summed E-state index contributed by atoms with van der Waals surface area (Å²) in [4.78, 5) is 8.61. The van der Waals surface area contributed by atoms with Gasteiger partial charge in [-0.25, -0.2) is 0 Å². The van der Waals surface area contributed by atoms with Gasteiger partial charge in [-0.1, -0.05) is 23.9 Å². The van der Waals surface area contributed by atoms with Crippen LogP contribution in [0.4, 0.5) is 0 Å². The van der Waals surface area contributed by atoms with Crippen molar-refractivity contribution in [3.8, 4) is 0 Å². The average Bonchev–Trinajstić information content (AvgIpc) is 2.28. The maximum atomic E-state index is 5.64. The Hall–Kier alpha value is -1.29. The van der Waals surface area contributed by atoms with E-state index in [0.29, 0.717) is 5.17 Å². The predicted molar refractivity (Wildman–Crippen MR) is 64.7 cm³/mol. The van der Waals surface area contributed by atoms with E-state index in [1.54, 1.807) is 0 Å². The second-order valence-electron chi connectivity index (χ2n) is 3.34. The molecule has 0 saturated carbocycles. The van der Waals surface area contributed by atoms with Crippen LogP contribution >= 0.6 is 11.8 Å². The van der Waals surface area contributed by atoms with Gasteiger partial charge in [0.15, 0.2) is 5.17 Å². The van der Waals surface area contributed by atoms with Gasteiger partial charge in [-0.05, 0) is 30.4 Å². The highest BCUT2D eigenvalue weighted by atomic mass is 32.2. The standard InChI is InChI=1S/C11H13N3S/c12-11-14-10(6-8-15-11)5-4-9-3-1-2-7-13-9/h1-3,6-8,10H,4-5H2,(H2,12,14). The lowest BCUT2D eigenvalue weighted by molar-refractivity contribution is 0.712. The summed E-state index contributed by atoms with van der Waals surface area (Å²) in [6, 6.07) is 6.19. The first-order chi connectivity index (χ1) is 7.34. The lowest BCUT2D eigenvalue weighted by Gasteiger charge is -2.11. The number of pyridine rings is 1. The summed E-state index contributed by atoms with van der Waals surface area (Å²) in [7, 11) is 0. The van der Waals surface area contributed by atoms with E-state index in [-0.39, 0.29) is 6.04 Å². The Balaban J connectivity index is 1.89. The molecule has 1 aliphatic rings. The maximum Gasteiger partial charge on any atom is 0.158 e. The molecule has 1 aromatic rings. The van der Waals surface area contributed by atoms with E-state index < -0.39 is 0 Å². The van der Waals surface area contributed by atoms with Gasteiger partial charge in [-0.2, -0.15) is 0 Å². The molecule has 2 heterocycles. The second-order valence-corrected chi connectivity index (χ2v) is 4.27. The lowest BCUT2D eigenvalue weighted by atomic mass is 10.1. The highest BCUT2D eigenvalue weighted by Crippen LogP contribution is 2.15. The molecule has 1 unspecified atom stereocenters. The number of rotatable bonds is 3. The first-order valence-electron chi connectivity index (χ1n) is 4.91. The number of hydrogen-bond donors (Lipinski definition) is 1. The van der Waals surface area contributed by atoms with Gasteiger partial charge < -0.3 is 5.73 Å². The first kappa shape index (κ1) is 10.2. The van der Waals surface area contributed by atoms with Gasteiger partial charge in [-0.3, -0.25) is 9.98 Å². The largest absolute Gasteiger partial charge is 0.378 e. The molecule has 2 N–H and O–H groups in total. The number of aromatic nitrogens is 1. The molecular formula is C11H13N3S. The van der Waals surface area contributed by atoms with Crippen molar-refractivity contribution in [1.82, 2.24) is 4.98 Å². The summed E-state index contributed by atoms with van der Waals surface area (Å²) in [6.07, 6.45) is 5.82. The molecule has 78 valence electrons. The van der Waals surface area contributed by atoms with E-state index in [9.17, 15) is 0 Å². The number of thioether (sulfide) groups is 1. The molecular weight excluding hydrogens is 206 g/mol. The summed E-state index contributed by atoms with van der Waals surface area (Å²) in [6.45, 7) is 0. The minimum atomic E-state index is 0.216. The van der Waals surface area contributed by atoms with Crippen LogP contribution in [0.2, 0.25) is 0 Å². The molecule has 1 aliphatic heterocycles. The van der Waals surface area contributed by atoms with Crippen LogP contribution in [0.3, 0.4) is 0 Å². The smallest absolute Gasteiger partial charge is 0.158 e. The van der Waals surface area contributed by atoms with Crippen molar-refractivity contribution in [3.05, 3.63) is 41.6 Å². The van der Waals surface area contributed by atoms with E-state index in [2.05, 4.69) is 16.1 Å². The Morgan fingerprint density at radius 3 is 3.07 bits per heavy atom. The first-order valence-corrected chi connectivity index (χ1v) is 5.79. The van der Waals surface area contributed by atoms with Crippen molar-refractivity contribution in [1.29, 1.82) is 0 Å². The zero-order valence-corrected chi connectivity index (χ0v) is 9.15. The van der Waals surface area contributed by atoms with E-state index in [0.717, 1.165) is 18.5 Å². The highest BCUT2D eigenvalue weighted by molar-refractivity contribution is 8.16. The minimum absolute atomic E-state index is 0.216. The van der Waals surface area contributed by atoms with Gasteiger partial charge in [-0.15, -0.1) is 0 Å². The molecule has 1 atom stereocenters. The molecule has 0 spiro atoms. The molecule has 4 heteroatoms. The number of nitrogens with two attached hydrogens (primary N) is 1. The van der Waals surface area contributed by atoms with Crippen molar-refractivity contribution in [3.63, 3.8) is 0 Å². The number of aliphatic imine (C=N–C) groups is 1. The molecule has 0 aromatic carbocycles. The fraction of sp³-hybridized carbons (Fsp3) is 0.273. The van der Waals surface area contributed by atoms with Crippen molar-refractivity contribution in [2.45, 2.75) is 18.9 Å². The van der Waals surface area contributed by atoms with Gasteiger partial charge in [0.25, 0.3) is 0 Å². The molecule has 0 fully saturated rings. The summed E-state index contributed by atoms with van der Waals surface area (Å²) in [5.41, 5.74) is 6.75. The summed E-state index contributed by atoms with van der Waals surface area (Å²) >= 11 is 1.48. The van der Waals surface area contributed by atoms with Crippen LogP contribution in [-0.2, 0) is 6.42 Å². The summed E-state index contributed by atoms with van der Waals surface area (Å²) in [5.74, 6) is 0. The third-order valence-corrected chi connectivity index (χ3v) is 2.85. The van der Waals surface area contributed by atoms with Crippen molar-refractivity contribution < 1.29 is 0 Å². The zero-order chi connectivity index (χ0) is 10.5. The summed E-state index contributed by atoms with van der Waals surface area (Å²) < 4.78 is 0. The van der Waals surface area contributed by atoms with Crippen LogP contribution < -0.4 is 5.73 Å². The molecule has 0 amide bonds. The molecule has 0 aliphatic carbocycles. The Labute approximate surface area is 93.5 Å². The number of amidine groups is 1. The van der Waals surface area contributed by atoms with Gasteiger partial charge in [0, 0.05) is 11.9 Å². The van der Waals surface area contributed by atoms with Crippen LogP contribution in [0, 0.1) is 0 Å². The van der Waals surface area contributed by atoms with E-state index >= 15 is 0 Å². The van der Waals surface area contributed by atoms with Crippen LogP contribution in [0.5, 0.6) is 0 Å².